The second kappa shape index (κ2) is 11.5. The Kier molecular flexibility index (Phi) is 8.10. The first-order valence-corrected chi connectivity index (χ1v) is 11.9. The van der Waals surface area contributed by atoms with E-state index in [9.17, 15) is 18.0 Å². The zero-order valence-corrected chi connectivity index (χ0v) is 21.3. The van der Waals surface area contributed by atoms with Crippen molar-refractivity contribution in [3.8, 4) is 5.75 Å². The number of carbonyl (C=O) groups excluding carboxylic acids is 1. The molecule has 0 bridgehead atoms. The monoisotopic (exact) mass is 547 g/mol. The Hall–Kier alpha value is -4.20. The largest absolute Gasteiger partial charge is 0.573 e. The SMILES string of the molecule is Cc1cc(C)nc(N/C(=N/C(=S)Nc2cccc(OC(F)(F)F)c2)N2CCN(C(=O)c3ccco3)CC2)n1. The van der Waals surface area contributed by atoms with Crippen LogP contribution in [-0.4, -0.2) is 69.3 Å². The molecule has 14 heteroatoms. The highest BCUT2D eigenvalue weighted by atomic mass is 32.1. The van der Waals surface area contributed by atoms with Crippen LogP contribution in [0.4, 0.5) is 24.8 Å². The lowest BCUT2D eigenvalue weighted by Gasteiger charge is -2.36. The predicted molar refractivity (Wildman–Crippen MR) is 138 cm³/mol. The first-order chi connectivity index (χ1) is 18.1. The molecule has 1 amide bonds. The Morgan fingerprint density at radius 1 is 1.03 bits per heavy atom. The third-order valence-electron chi connectivity index (χ3n) is 5.33. The molecule has 38 heavy (non-hydrogen) atoms. The average Bonchev–Trinajstić information content (AvgIpc) is 3.37. The molecule has 10 nitrogen and oxygen atoms in total. The predicted octanol–water partition coefficient (Wildman–Crippen LogP) is 4.21. The number of halogens is 3. The Bertz CT molecular complexity index is 1300. The second-order valence-electron chi connectivity index (χ2n) is 8.30. The van der Waals surface area contributed by atoms with Gasteiger partial charge in [-0.3, -0.25) is 10.1 Å². The topological polar surface area (TPSA) is 108 Å². The standard InChI is InChI=1S/C24H24F3N7O3S/c1-15-13-16(2)29-21(28-15)31-22(34-10-8-33(9-11-34)20(35)19-7-4-12-36-19)32-23(38)30-17-5-3-6-18(14-17)37-24(25,26)27/h3-7,12-14H,8-11H2,1-2H3,(H2,28,29,30,31,32,38). The number of alkyl halides is 3. The fraction of sp³-hybridized carbons (Fsp3) is 0.292. The van der Waals surface area contributed by atoms with Gasteiger partial charge in [-0.1, -0.05) is 6.07 Å². The summed E-state index contributed by atoms with van der Waals surface area (Å²) in [6.45, 7) is 5.28. The molecular formula is C24H24F3N7O3S. The van der Waals surface area contributed by atoms with E-state index in [2.05, 4.69) is 30.3 Å². The van der Waals surface area contributed by atoms with Crippen LogP contribution < -0.4 is 15.4 Å². The Balaban J connectivity index is 1.51. The van der Waals surface area contributed by atoms with E-state index < -0.39 is 12.1 Å². The first-order valence-electron chi connectivity index (χ1n) is 11.5. The molecule has 0 radical (unpaired) electrons. The number of aromatic nitrogens is 2. The number of hydrogen-bond acceptors (Lipinski definition) is 6. The lowest BCUT2D eigenvalue weighted by Crippen LogP contribution is -2.52. The molecule has 0 saturated carbocycles. The number of anilines is 2. The van der Waals surface area contributed by atoms with E-state index in [-0.39, 0.29) is 22.5 Å². The van der Waals surface area contributed by atoms with Crippen LogP contribution in [0.5, 0.6) is 5.75 Å². The molecule has 0 spiro atoms. The molecular weight excluding hydrogens is 523 g/mol. The van der Waals surface area contributed by atoms with Crippen LogP contribution in [0, 0.1) is 13.8 Å². The van der Waals surface area contributed by atoms with Crippen molar-refractivity contribution < 1.29 is 27.1 Å². The molecule has 0 unspecified atom stereocenters. The van der Waals surface area contributed by atoms with Crippen molar-refractivity contribution in [3.05, 3.63) is 65.9 Å². The van der Waals surface area contributed by atoms with Gasteiger partial charge in [0, 0.05) is 49.3 Å². The second-order valence-corrected chi connectivity index (χ2v) is 8.68. The summed E-state index contributed by atoms with van der Waals surface area (Å²) in [6, 6.07) is 10.4. The van der Waals surface area contributed by atoms with Crippen LogP contribution in [0.2, 0.25) is 0 Å². The van der Waals surface area contributed by atoms with Gasteiger partial charge in [-0.15, -0.1) is 13.2 Å². The molecule has 2 aromatic heterocycles. The summed E-state index contributed by atoms with van der Waals surface area (Å²) in [4.78, 5) is 29.4. The zero-order chi connectivity index (χ0) is 27.3. The number of amides is 1. The maximum Gasteiger partial charge on any atom is 0.573 e. The summed E-state index contributed by atoms with van der Waals surface area (Å²) in [7, 11) is 0. The van der Waals surface area contributed by atoms with E-state index in [4.69, 9.17) is 16.6 Å². The van der Waals surface area contributed by atoms with Crippen LogP contribution in [0.1, 0.15) is 21.9 Å². The smallest absolute Gasteiger partial charge is 0.459 e. The number of aryl methyl sites for hydroxylation is 2. The molecule has 1 saturated heterocycles. The van der Waals surface area contributed by atoms with Gasteiger partial charge in [-0.2, -0.15) is 4.99 Å². The van der Waals surface area contributed by atoms with Crippen LogP contribution in [-0.2, 0) is 0 Å². The molecule has 3 heterocycles. The summed E-state index contributed by atoms with van der Waals surface area (Å²) < 4.78 is 46.9. The van der Waals surface area contributed by atoms with Crippen molar-refractivity contribution in [1.82, 2.24) is 19.8 Å². The van der Waals surface area contributed by atoms with Gasteiger partial charge in [0.25, 0.3) is 5.91 Å². The normalized spacial score (nSPS) is 14.3. The van der Waals surface area contributed by atoms with Gasteiger partial charge in [0.05, 0.1) is 6.26 Å². The van der Waals surface area contributed by atoms with Gasteiger partial charge in [0.2, 0.25) is 17.0 Å². The Morgan fingerprint density at radius 2 is 1.71 bits per heavy atom. The van der Waals surface area contributed by atoms with E-state index >= 15 is 0 Å². The number of benzene rings is 1. The van der Waals surface area contributed by atoms with E-state index in [1.54, 1.807) is 17.0 Å². The van der Waals surface area contributed by atoms with Crippen molar-refractivity contribution in [3.63, 3.8) is 0 Å². The van der Waals surface area contributed by atoms with Crippen LogP contribution in [0.25, 0.3) is 0 Å². The molecule has 1 fully saturated rings. The quantitative estimate of drug-likeness (QED) is 0.282. The van der Waals surface area contributed by atoms with E-state index in [0.29, 0.717) is 38.1 Å². The molecule has 0 atom stereocenters. The number of ether oxygens (including phenoxy) is 1. The van der Waals surface area contributed by atoms with Crippen LogP contribution >= 0.6 is 12.2 Å². The minimum atomic E-state index is -4.82. The summed E-state index contributed by atoms with van der Waals surface area (Å²) in [5, 5.41) is 5.88. The minimum Gasteiger partial charge on any atom is -0.459 e. The molecule has 1 aliphatic rings. The lowest BCUT2D eigenvalue weighted by molar-refractivity contribution is -0.274. The maximum absolute atomic E-state index is 12.6. The highest BCUT2D eigenvalue weighted by Gasteiger charge is 2.31. The summed E-state index contributed by atoms with van der Waals surface area (Å²) in [5.41, 5.74) is 1.75. The lowest BCUT2D eigenvalue weighted by atomic mass is 10.3. The Morgan fingerprint density at radius 3 is 2.34 bits per heavy atom. The molecule has 1 aromatic carbocycles. The maximum atomic E-state index is 12.6. The number of thiocarbonyl (C=S) groups is 1. The van der Waals surface area contributed by atoms with Crippen molar-refractivity contribution in [2.75, 3.05) is 36.8 Å². The number of rotatable bonds is 4. The number of hydrogen-bond donors (Lipinski definition) is 2. The average molecular weight is 548 g/mol. The molecule has 1 aliphatic heterocycles. The van der Waals surface area contributed by atoms with E-state index in [0.717, 1.165) is 17.5 Å². The number of carbonyl (C=O) groups is 1. The van der Waals surface area contributed by atoms with Gasteiger partial charge in [0.15, 0.2) is 5.76 Å². The number of furan rings is 1. The van der Waals surface area contributed by atoms with Gasteiger partial charge >= 0.3 is 6.36 Å². The molecule has 0 aliphatic carbocycles. The highest BCUT2D eigenvalue weighted by Crippen LogP contribution is 2.25. The summed E-state index contributed by atoms with van der Waals surface area (Å²) >= 11 is 5.38. The number of piperazine rings is 1. The van der Waals surface area contributed by atoms with Crippen molar-refractivity contribution in [1.29, 1.82) is 0 Å². The third-order valence-corrected chi connectivity index (χ3v) is 5.52. The molecule has 3 aromatic rings. The van der Waals surface area contributed by atoms with Crippen molar-refractivity contribution in [2.24, 2.45) is 4.99 Å². The fourth-order valence-corrected chi connectivity index (χ4v) is 3.96. The molecule has 2 N–H and O–H groups in total. The van der Waals surface area contributed by atoms with Gasteiger partial charge in [-0.25, -0.2) is 9.97 Å². The first kappa shape index (κ1) is 26.9. The van der Waals surface area contributed by atoms with Gasteiger partial charge in [-0.05, 0) is 56.4 Å². The number of nitrogens with one attached hydrogen (secondary N) is 2. The van der Waals surface area contributed by atoms with E-state index in [1.165, 1.54) is 24.5 Å². The number of aliphatic imine (C=N–C) groups is 1. The third kappa shape index (κ3) is 7.41. The van der Waals surface area contributed by atoms with Crippen molar-refractivity contribution in [2.45, 2.75) is 20.2 Å². The zero-order valence-electron chi connectivity index (χ0n) is 20.5. The van der Waals surface area contributed by atoms with Crippen LogP contribution in [0.3, 0.4) is 0 Å². The molecule has 4 rings (SSSR count). The van der Waals surface area contributed by atoms with E-state index in [1.807, 2.05) is 24.8 Å². The summed E-state index contributed by atoms with van der Waals surface area (Å²) in [6.07, 6.45) is -3.37. The minimum absolute atomic E-state index is 0.0184. The van der Waals surface area contributed by atoms with Crippen molar-refractivity contribution >= 4 is 40.8 Å². The van der Waals surface area contributed by atoms with Gasteiger partial charge < -0.3 is 24.3 Å². The van der Waals surface area contributed by atoms with Gasteiger partial charge in [0.1, 0.15) is 5.75 Å². The fourth-order valence-electron chi connectivity index (χ4n) is 3.76. The Labute approximate surface area is 221 Å². The number of nitrogens with zero attached hydrogens (tertiary/aromatic N) is 5. The molecule has 200 valence electrons. The van der Waals surface area contributed by atoms with Crippen LogP contribution in [0.15, 0.2) is 58.1 Å². The number of guanidine groups is 1. The summed E-state index contributed by atoms with van der Waals surface area (Å²) in [5.74, 6) is 0.278. The highest BCUT2D eigenvalue weighted by molar-refractivity contribution is 7.80.